The zero-order valence-corrected chi connectivity index (χ0v) is 11.4. The van der Waals surface area contributed by atoms with Crippen molar-refractivity contribution in [2.24, 2.45) is 0 Å². The minimum absolute atomic E-state index is 0.0100. The van der Waals surface area contributed by atoms with Gasteiger partial charge in [0.1, 0.15) is 12.1 Å². The van der Waals surface area contributed by atoms with Gasteiger partial charge in [-0.3, -0.25) is 9.59 Å². The van der Waals surface area contributed by atoms with E-state index in [2.05, 4.69) is 5.32 Å². The summed E-state index contributed by atoms with van der Waals surface area (Å²) in [5.41, 5.74) is 0. The first kappa shape index (κ1) is 13.4. The SMILES string of the molecule is CC1NC(=O)C(C)N(C2CCCCCCC2)C1=O. The molecule has 18 heavy (non-hydrogen) atoms. The molecule has 4 heteroatoms. The Labute approximate surface area is 109 Å². The molecule has 1 saturated heterocycles. The molecule has 102 valence electrons. The molecule has 0 aromatic heterocycles. The second-order valence-electron chi connectivity index (χ2n) is 5.65. The van der Waals surface area contributed by atoms with E-state index in [9.17, 15) is 9.59 Å². The van der Waals surface area contributed by atoms with Gasteiger partial charge in [0, 0.05) is 6.04 Å². The molecule has 1 heterocycles. The Bertz CT molecular complexity index is 322. The molecule has 2 fully saturated rings. The summed E-state index contributed by atoms with van der Waals surface area (Å²) < 4.78 is 0. The normalized spacial score (nSPS) is 31.8. The van der Waals surface area contributed by atoms with Crippen LogP contribution in [-0.4, -0.2) is 34.8 Å². The van der Waals surface area contributed by atoms with Crippen molar-refractivity contribution >= 4 is 11.8 Å². The summed E-state index contributed by atoms with van der Waals surface area (Å²) >= 11 is 0. The second-order valence-corrected chi connectivity index (χ2v) is 5.65. The predicted molar refractivity (Wildman–Crippen MR) is 70.0 cm³/mol. The first-order valence-corrected chi connectivity index (χ1v) is 7.24. The van der Waals surface area contributed by atoms with Crippen molar-refractivity contribution in [3.8, 4) is 0 Å². The van der Waals surface area contributed by atoms with Crippen LogP contribution in [0.15, 0.2) is 0 Å². The van der Waals surface area contributed by atoms with Crippen LogP contribution < -0.4 is 5.32 Å². The summed E-state index contributed by atoms with van der Waals surface area (Å²) in [6.45, 7) is 3.62. The van der Waals surface area contributed by atoms with Crippen LogP contribution in [0, 0.1) is 0 Å². The van der Waals surface area contributed by atoms with Crippen molar-refractivity contribution in [3.63, 3.8) is 0 Å². The maximum Gasteiger partial charge on any atom is 0.245 e. The van der Waals surface area contributed by atoms with E-state index in [0.717, 1.165) is 12.8 Å². The van der Waals surface area contributed by atoms with E-state index in [1.807, 2.05) is 11.8 Å². The van der Waals surface area contributed by atoms with Gasteiger partial charge >= 0.3 is 0 Å². The van der Waals surface area contributed by atoms with Crippen molar-refractivity contribution in [1.29, 1.82) is 0 Å². The highest BCUT2D eigenvalue weighted by atomic mass is 16.2. The second kappa shape index (κ2) is 5.72. The standard InChI is InChI=1S/C14H24N2O2/c1-10-14(18)16(11(2)13(17)15-10)12-8-6-4-3-5-7-9-12/h10-12H,3-9H2,1-2H3,(H,15,17). The third-order valence-electron chi connectivity index (χ3n) is 4.25. The smallest absolute Gasteiger partial charge is 0.245 e. The Kier molecular flexibility index (Phi) is 4.25. The molecule has 2 unspecified atom stereocenters. The van der Waals surface area contributed by atoms with Gasteiger partial charge in [-0.05, 0) is 26.7 Å². The monoisotopic (exact) mass is 252 g/mol. The highest BCUT2D eigenvalue weighted by molar-refractivity contribution is 5.96. The zero-order chi connectivity index (χ0) is 13.1. The lowest BCUT2D eigenvalue weighted by Gasteiger charge is -2.42. The molecular formula is C14H24N2O2. The first-order valence-electron chi connectivity index (χ1n) is 7.24. The molecule has 2 aliphatic rings. The van der Waals surface area contributed by atoms with E-state index in [1.54, 1.807) is 6.92 Å². The highest BCUT2D eigenvalue weighted by Crippen LogP contribution is 2.25. The summed E-state index contributed by atoms with van der Waals surface area (Å²) in [6, 6.07) is -0.404. The molecule has 0 radical (unpaired) electrons. The van der Waals surface area contributed by atoms with Gasteiger partial charge in [-0.25, -0.2) is 0 Å². The van der Waals surface area contributed by atoms with Gasteiger partial charge in [0.05, 0.1) is 0 Å². The molecule has 2 atom stereocenters. The van der Waals surface area contributed by atoms with E-state index < -0.39 is 0 Å². The van der Waals surface area contributed by atoms with E-state index >= 15 is 0 Å². The van der Waals surface area contributed by atoms with Gasteiger partial charge in [0.2, 0.25) is 11.8 Å². The topological polar surface area (TPSA) is 49.4 Å². The van der Waals surface area contributed by atoms with Crippen molar-refractivity contribution in [2.75, 3.05) is 0 Å². The minimum atomic E-state index is -0.362. The van der Waals surface area contributed by atoms with Crippen LogP contribution in [-0.2, 0) is 9.59 Å². The van der Waals surface area contributed by atoms with Crippen LogP contribution in [0.1, 0.15) is 58.8 Å². The van der Waals surface area contributed by atoms with E-state index in [1.165, 1.54) is 32.1 Å². The maximum absolute atomic E-state index is 12.3. The number of nitrogens with one attached hydrogen (secondary N) is 1. The van der Waals surface area contributed by atoms with Crippen molar-refractivity contribution < 1.29 is 9.59 Å². The lowest BCUT2D eigenvalue weighted by molar-refractivity contribution is -0.151. The summed E-state index contributed by atoms with van der Waals surface area (Å²) in [5.74, 6) is 0.0804. The molecule has 1 N–H and O–H groups in total. The summed E-state index contributed by atoms with van der Waals surface area (Å²) in [4.78, 5) is 26.0. The van der Waals surface area contributed by atoms with Gasteiger partial charge in [-0.15, -0.1) is 0 Å². The fraction of sp³-hybridized carbons (Fsp3) is 0.857. The molecule has 0 spiro atoms. The Morgan fingerprint density at radius 3 is 2.17 bits per heavy atom. The van der Waals surface area contributed by atoms with Gasteiger partial charge in [0.15, 0.2) is 0 Å². The van der Waals surface area contributed by atoms with Gasteiger partial charge < -0.3 is 10.2 Å². The molecule has 0 aromatic rings. The van der Waals surface area contributed by atoms with E-state index in [-0.39, 0.29) is 29.9 Å². The third kappa shape index (κ3) is 2.68. The molecule has 2 rings (SSSR count). The van der Waals surface area contributed by atoms with Crippen molar-refractivity contribution in [3.05, 3.63) is 0 Å². The van der Waals surface area contributed by atoms with E-state index in [4.69, 9.17) is 0 Å². The predicted octanol–water partition coefficient (Wildman–Crippen LogP) is 1.83. The van der Waals surface area contributed by atoms with E-state index in [0.29, 0.717) is 0 Å². The Morgan fingerprint density at radius 2 is 1.56 bits per heavy atom. The van der Waals surface area contributed by atoms with Crippen LogP contribution in [0.2, 0.25) is 0 Å². The molecule has 0 bridgehead atoms. The molecule has 1 aliphatic carbocycles. The minimum Gasteiger partial charge on any atom is -0.343 e. The number of rotatable bonds is 1. The fourth-order valence-electron chi connectivity index (χ4n) is 3.15. The van der Waals surface area contributed by atoms with Gasteiger partial charge in [-0.2, -0.15) is 0 Å². The number of piperazine rings is 1. The summed E-state index contributed by atoms with van der Waals surface area (Å²) in [5, 5.41) is 2.75. The third-order valence-corrected chi connectivity index (χ3v) is 4.25. The Hall–Kier alpha value is -1.06. The molecule has 0 aromatic carbocycles. The van der Waals surface area contributed by atoms with Crippen molar-refractivity contribution in [1.82, 2.24) is 10.2 Å². The number of hydrogen-bond acceptors (Lipinski definition) is 2. The Morgan fingerprint density at radius 1 is 1.00 bits per heavy atom. The van der Waals surface area contributed by atoms with Crippen molar-refractivity contribution in [2.45, 2.75) is 76.9 Å². The first-order chi connectivity index (χ1) is 8.61. The lowest BCUT2D eigenvalue weighted by Crippen LogP contribution is -2.64. The fourth-order valence-corrected chi connectivity index (χ4v) is 3.15. The summed E-state index contributed by atoms with van der Waals surface area (Å²) in [7, 11) is 0. The van der Waals surface area contributed by atoms with Crippen LogP contribution in [0.3, 0.4) is 0 Å². The Balaban J connectivity index is 2.11. The molecule has 2 amide bonds. The summed E-state index contributed by atoms with van der Waals surface area (Å²) in [6.07, 6.45) is 8.29. The molecule has 1 saturated carbocycles. The average Bonchev–Trinajstić information content (AvgIpc) is 2.29. The molecule has 4 nitrogen and oxygen atoms in total. The number of hydrogen-bond donors (Lipinski definition) is 1. The lowest BCUT2D eigenvalue weighted by atomic mass is 9.93. The van der Waals surface area contributed by atoms with Crippen LogP contribution in [0.5, 0.6) is 0 Å². The number of carbonyl (C=O) groups excluding carboxylic acids is 2. The number of nitrogens with zero attached hydrogens (tertiary/aromatic N) is 1. The maximum atomic E-state index is 12.3. The number of amides is 2. The zero-order valence-electron chi connectivity index (χ0n) is 11.4. The largest absolute Gasteiger partial charge is 0.343 e. The van der Waals surface area contributed by atoms with Gasteiger partial charge in [0.25, 0.3) is 0 Å². The van der Waals surface area contributed by atoms with Crippen LogP contribution in [0.4, 0.5) is 0 Å². The van der Waals surface area contributed by atoms with Crippen LogP contribution >= 0.6 is 0 Å². The highest BCUT2D eigenvalue weighted by Gasteiger charge is 2.39. The number of carbonyl (C=O) groups is 2. The molecular weight excluding hydrogens is 228 g/mol. The van der Waals surface area contributed by atoms with Crippen LogP contribution in [0.25, 0.3) is 0 Å². The quantitative estimate of drug-likeness (QED) is 0.774. The molecule has 1 aliphatic heterocycles. The van der Waals surface area contributed by atoms with Gasteiger partial charge in [-0.1, -0.05) is 32.1 Å². The average molecular weight is 252 g/mol.